The van der Waals surface area contributed by atoms with Gasteiger partial charge in [0, 0.05) is 0 Å². The number of phenols is 1. The summed E-state index contributed by atoms with van der Waals surface area (Å²) in [5.74, 6) is 1.44. The quantitative estimate of drug-likeness (QED) is 0.159. The SMILES string of the molecule is CCOC(=O)C(Cc1cc(I)c(Oc2cc(I)c(O)c(I)c2)c(I)c1)NCCCCN. The maximum atomic E-state index is 12.4. The van der Waals surface area contributed by atoms with Crippen LogP contribution in [0.2, 0.25) is 0 Å². The van der Waals surface area contributed by atoms with E-state index in [0.717, 1.165) is 38.4 Å². The molecule has 0 aliphatic carbocycles. The summed E-state index contributed by atoms with van der Waals surface area (Å²) in [7, 11) is 0. The van der Waals surface area contributed by atoms with Crippen LogP contribution in [0.1, 0.15) is 25.3 Å². The monoisotopic (exact) mass is 876 g/mol. The van der Waals surface area contributed by atoms with Gasteiger partial charge in [-0.05, 0) is 159 Å². The summed E-state index contributed by atoms with van der Waals surface area (Å²) in [4.78, 5) is 12.4. The molecule has 170 valence electrons. The van der Waals surface area contributed by atoms with E-state index in [1.807, 2.05) is 19.1 Å². The van der Waals surface area contributed by atoms with Crippen molar-refractivity contribution in [3.8, 4) is 17.2 Å². The summed E-state index contributed by atoms with van der Waals surface area (Å²) in [6.07, 6.45) is 2.36. The Morgan fingerprint density at radius 3 is 2.23 bits per heavy atom. The van der Waals surface area contributed by atoms with E-state index in [1.54, 1.807) is 12.1 Å². The van der Waals surface area contributed by atoms with Crippen LogP contribution in [0.15, 0.2) is 24.3 Å². The molecule has 0 saturated carbocycles. The van der Waals surface area contributed by atoms with Crippen molar-refractivity contribution in [1.82, 2.24) is 5.32 Å². The predicted octanol–water partition coefficient (Wildman–Crippen LogP) is 5.41. The number of aromatic hydroxyl groups is 1. The number of hydrogen-bond donors (Lipinski definition) is 3. The number of unbranched alkanes of at least 4 members (excludes halogenated alkanes) is 1. The average Bonchev–Trinajstić information content (AvgIpc) is 2.71. The lowest BCUT2D eigenvalue weighted by Gasteiger charge is -2.19. The predicted molar refractivity (Wildman–Crippen MR) is 156 cm³/mol. The van der Waals surface area contributed by atoms with Gasteiger partial charge in [-0.25, -0.2) is 0 Å². The Balaban J connectivity index is 2.19. The highest BCUT2D eigenvalue weighted by Crippen LogP contribution is 2.37. The Hall–Kier alpha value is 0.350. The second-order valence-electron chi connectivity index (χ2n) is 6.68. The summed E-state index contributed by atoms with van der Waals surface area (Å²) in [5, 5.41) is 13.3. The molecule has 0 saturated heterocycles. The number of benzene rings is 2. The van der Waals surface area contributed by atoms with Crippen LogP contribution < -0.4 is 15.8 Å². The third kappa shape index (κ3) is 8.57. The van der Waals surface area contributed by atoms with Crippen molar-refractivity contribution in [2.24, 2.45) is 5.73 Å². The van der Waals surface area contributed by atoms with Gasteiger partial charge in [0.1, 0.15) is 17.5 Å². The first-order chi connectivity index (χ1) is 14.8. The van der Waals surface area contributed by atoms with E-state index in [-0.39, 0.29) is 11.7 Å². The fraction of sp³-hybridized carbons (Fsp3) is 0.381. The molecule has 6 nitrogen and oxygen atoms in total. The lowest BCUT2D eigenvalue weighted by Crippen LogP contribution is -2.40. The highest BCUT2D eigenvalue weighted by Gasteiger charge is 2.21. The second kappa shape index (κ2) is 13.9. The topological polar surface area (TPSA) is 93.8 Å². The number of esters is 1. The lowest BCUT2D eigenvalue weighted by atomic mass is 10.1. The van der Waals surface area contributed by atoms with Crippen LogP contribution in [-0.2, 0) is 16.0 Å². The molecule has 0 aromatic heterocycles. The van der Waals surface area contributed by atoms with Crippen LogP contribution in [0.25, 0.3) is 0 Å². The molecule has 0 aliphatic rings. The van der Waals surface area contributed by atoms with Gasteiger partial charge in [-0.1, -0.05) is 0 Å². The average molecular weight is 876 g/mol. The maximum Gasteiger partial charge on any atom is 0.323 e. The van der Waals surface area contributed by atoms with Crippen molar-refractivity contribution in [1.29, 1.82) is 0 Å². The van der Waals surface area contributed by atoms with Gasteiger partial charge < -0.3 is 25.6 Å². The van der Waals surface area contributed by atoms with Crippen molar-refractivity contribution in [2.75, 3.05) is 19.7 Å². The first kappa shape index (κ1) is 27.6. The van der Waals surface area contributed by atoms with Gasteiger partial charge >= 0.3 is 5.97 Å². The van der Waals surface area contributed by atoms with Gasteiger partial charge in [0.2, 0.25) is 0 Å². The number of nitrogens with two attached hydrogens (primary N) is 1. The Bertz CT molecular complexity index is 865. The molecule has 0 heterocycles. The highest BCUT2D eigenvalue weighted by molar-refractivity contribution is 14.1. The Kier molecular flexibility index (Phi) is 12.4. The smallest absolute Gasteiger partial charge is 0.323 e. The molecular formula is C21H24I4N2O4. The fourth-order valence-corrected chi connectivity index (χ4v) is 6.64. The van der Waals surface area contributed by atoms with E-state index in [2.05, 4.69) is 95.7 Å². The number of rotatable bonds is 11. The van der Waals surface area contributed by atoms with Crippen molar-refractivity contribution >= 4 is 96.3 Å². The van der Waals surface area contributed by atoms with Crippen LogP contribution in [-0.4, -0.2) is 36.8 Å². The van der Waals surface area contributed by atoms with E-state index < -0.39 is 6.04 Å². The Morgan fingerprint density at radius 2 is 1.68 bits per heavy atom. The molecule has 10 heteroatoms. The summed E-state index contributed by atoms with van der Waals surface area (Å²) >= 11 is 8.67. The van der Waals surface area contributed by atoms with Gasteiger partial charge in [-0.2, -0.15) is 0 Å². The molecule has 1 unspecified atom stereocenters. The van der Waals surface area contributed by atoms with Crippen molar-refractivity contribution in [3.63, 3.8) is 0 Å². The largest absolute Gasteiger partial charge is 0.506 e. The highest BCUT2D eigenvalue weighted by atomic mass is 127. The molecule has 0 radical (unpaired) electrons. The molecule has 4 N–H and O–H groups in total. The standard InChI is InChI=1S/C21H24I4N2O4/c1-2-30-21(29)18(27-6-4-3-5-26)9-12-7-16(24)20(17(25)8-12)31-13-10-14(22)19(28)15(23)11-13/h7-8,10-11,18,27-28H,2-6,9,26H2,1H3. The maximum absolute atomic E-state index is 12.4. The molecule has 0 amide bonds. The minimum absolute atomic E-state index is 0.242. The molecular weight excluding hydrogens is 852 g/mol. The minimum Gasteiger partial charge on any atom is -0.506 e. The van der Waals surface area contributed by atoms with Gasteiger partial charge in [0.05, 0.1) is 20.9 Å². The fourth-order valence-electron chi connectivity index (χ4n) is 2.81. The number of ether oxygens (including phenoxy) is 2. The molecule has 31 heavy (non-hydrogen) atoms. The summed E-state index contributed by atoms with van der Waals surface area (Å²) in [6.45, 7) is 3.52. The Morgan fingerprint density at radius 1 is 1.06 bits per heavy atom. The lowest BCUT2D eigenvalue weighted by molar-refractivity contribution is -0.145. The molecule has 0 spiro atoms. The summed E-state index contributed by atoms with van der Waals surface area (Å²) in [5.41, 5.74) is 6.58. The molecule has 1 atom stereocenters. The van der Waals surface area contributed by atoms with Crippen molar-refractivity contribution in [2.45, 2.75) is 32.2 Å². The first-order valence-corrected chi connectivity index (χ1v) is 14.0. The zero-order valence-corrected chi connectivity index (χ0v) is 25.5. The number of halogens is 4. The van der Waals surface area contributed by atoms with Crippen LogP contribution in [0.5, 0.6) is 17.2 Å². The van der Waals surface area contributed by atoms with Gasteiger partial charge in [0.25, 0.3) is 0 Å². The first-order valence-electron chi connectivity index (χ1n) is 9.70. The zero-order valence-electron chi connectivity index (χ0n) is 16.9. The molecule has 0 fully saturated rings. The number of hydrogen-bond acceptors (Lipinski definition) is 6. The number of carbonyl (C=O) groups is 1. The van der Waals surface area contributed by atoms with E-state index in [9.17, 15) is 9.90 Å². The normalized spacial score (nSPS) is 11.9. The number of nitrogens with one attached hydrogen (secondary N) is 1. The van der Waals surface area contributed by atoms with Crippen molar-refractivity contribution < 1.29 is 19.4 Å². The third-order valence-electron chi connectivity index (χ3n) is 4.30. The van der Waals surface area contributed by atoms with Gasteiger partial charge in [-0.3, -0.25) is 4.79 Å². The van der Waals surface area contributed by atoms with Crippen LogP contribution in [0.3, 0.4) is 0 Å². The van der Waals surface area contributed by atoms with E-state index in [1.165, 1.54) is 0 Å². The molecule has 0 aliphatic heterocycles. The minimum atomic E-state index is -0.406. The third-order valence-corrected chi connectivity index (χ3v) is 7.55. The van der Waals surface area contributed by atoms with Gasteiger partial charge in [0.15, 0.2) is 5.75 Å². The van der Waals surface area contributed by atoms with E-state index >= 15 is 0 Å². The molecule has 2 aromatic carbocycles. The number of carbonyl (C=O) groups excluding carboxylic acids is 1. The molecule has 2 aromatic rings. The Labute approximate surface area is 237 Å². The van der Waals surface area contributed by atoms with Gasteiger partial charge in [-0.15, -0.1) is 0 Å². The van der Waals surface area contributed by atoms with Crippen LogP contribution in [0.4, 0.5) is 0 Å². The van der Waals surface area contributed by atoms with E-state index in [4.69, 9.17) is 15.2 Å². The molecule has 0 bridgehead atoms. The summed E-state index contributed by atoms with van der Waals surface area (Å²) < 4.78 is 14.8. The van der Waals surface area contributed by atoms with E-state index in [0.29, 0.717) is 31.9 Å². The zero-order chi connectivity index (χ0) is 23.0. The molecule has 2 rings (SSSR count). The summed E-state index contributed by atoms with van der Waals surface area (Å²) in [6, 6.07) is 7.27. The van der Waals surface area contributed by atoms with Crippen LogP contribution in [0, 0.1) is 14.3 Å². The van der Waals surface area contributed by atoms with Crippen LogP contribution >= 0.6 is 90.4 Å². The number of phenolic OH excluding ortho intramolecular Hbond substituents is 1. The second-order valence-corrected chi connectivity index (χ2v) is 11.3. The van der Waals surface area contributed by atoms with Crippen molar-refractivity contribution in [3.05, 3.63) is 44.1 Å².